The number of nitrogens with one attached hydrogen (secondary N) is 1. The van der Waals surface area contributed by atoms with E-state index in [9.17, 15) is 4.79 Å². The summed E-state index contributed by atoms with van der Waals surface area (Å²) in [6, 6.07) is 4.14. The van der Waals surface area contributed by atoms with Gasteiger partial charge < -0.3 is 19.4 Å². The molecule has 19 heavy (non-hydrogen) atoms. The number of amides is 2. The zero-order chi connectivity index (χ0) is 13.1. The van der Waals surface area contributed by atoms with E-state index in [0.29, 0.717) is 18.5 Å². The highest BCUT2D eigenvalue weighted by Gasteiger charge is 2.34. The third-order valence-corrected chi connectivity index (χ3v) is 3.72. The SMILES string of the molecule is O=C(NCc1ccco1)N(C[C@H]1CCOC1)C1CC1. The van der Waals surface area contributed by atoms with Crippen molar-refractivity contribution in [3.05, 3.63) is 24.2 Å². The highest BCUT2D eigenvalue weighted by molar-refractivity contribution is 5.74. The Morgan fingerprint density at radius 1 is 1.42 bits per heavy atom. The van der Waals surface area contributed by atoms with E-state index in [2.05, 4.69) is 5.32 Å². The Balaban J connectivity index is 1.52. The number of hydrogen-bond acceptors (Lipinski definition) is 3. The van der Waals surface area contributed by atoms with Crippen molar-refractivity contribution in [1.82, 2.24) is 10.2 Å². The van der Waals surface area contributed by atoms with E-state index in [1.54, 1.807) is 6.26 Å². The van der Waals surface area contributed by atoms with Crippen LogP contribution in [-0.2, 0) is 11.3 Å². The molecular weight excluding hydrogens is 244 g/mol. The molecule has 1 aliphatic heterocycles. The number of ether oxygens (including phenoxy) is 1. The van der Waals surface area contributed by atoms with Crippen LogP contribution in [-0.4, -0.2) is 36.7 Å². The average Bonchev–Trinajstić information content (AvgIpc) is 2.94. The molecule has 1 saturated heterocycles. The zero-order valence-electron chi connectivity index (χ0n) is 11.0. The molecule has 3 rings (SSSR count). The Morgan fingerprint density at radius 2 is 2.32 bits per heavy atom. The number of carbonyl (C=O) groups excluding carboxylic acids is 1. The second-order valence-electron chi connectivity index (χ2n) is 5.35. The molecule has 0 radical (unpaired) electrons. The molecule has 2 heterocycles. The lowest BCUT2D eigenvalue weighted by molar-refractivity contribution is 0.161. The molecule has 1 N–H and O–H groups in total. The van der Waals surface area contributed by atoms with Gasteiger partial charge in [0.1, 0.15) is 5.76 Å². The lowest BCUT2D eigenvalue weighted by Gasteiger charge is -2.25. The standard InChI is InChI=1S/C14H20N2O3/c17-14(15-8-13-2-1-6-19-13)16(12-3-4-12)9-11-5-7-18-10-11/h1-2,6,11-12H,3-5,7-10H2,(H,15,17)/t11-/m1/s1. The van der Waals surface area contributed by atoms with Crippen LogP contribution >= 0.6 is 0 Å². The molecule has 5 heteroatoms. The van der Waals surface area contributed by atoms with Crippen LogP contribution in [0.5, 0.6) is 0 Å². The molecule has 0 bridgehead atoms. The van der Waals surface area contributed by atoms with Crippen LogP contribution in [0, 0.1) is 5.92 Å². The van der Waals surface area contributed by atoms with Crippen molar-refractivity contribution in [2.45, 2.75) is 31.8 Å². The lowest BCUT2D eigenvalue weighted by atomic mass is 10.1. The summed E-state index contributed by atoms with van der Waals surface area (Å²) in [6.07, 6.45) is 4.94. The van der Waals surface area contributed by atoms with Crippen LogP contribution in [0.2, 0.25) is 0 Å². The molecule has 1 aliphatic carbocycles. The average molecular weight is 264 g/mol. The van der Waals surface area contributed by atoms with Crippen LogP contribution in [0.25, 0.3) is 0 Å². The number of hydrogen-bond donors (Lipinski definition) is 1. The molecule has 1 saturated carbocycles. The second kappa shape index (κ2) is 5.65. The van der Waals surface area contributed by atoms with Crippen LogP contribution in [0.4, 0.5) is 4.79 Å². The monoisotopic (exact) mass is 264 g/mol. The quantitative estimate of drug-likeness (QED) is 0.885. The fourth-order valence-corrected chi connectivity index (χ4v) is 2.47. The van der Waals surface area contributed by atoms with Gasteiger partial charge in [-0.15, -0.1) is 0 Å². The summed E-state index contributed by atoms with van der Waals surface area (Å²) in [5.41, 5.74) is 0. The number of carbonyl (C=O) groups is 1. The van der Waals surface area contributed by atoms with Crippen LogP contribution < -0.4 is 5.32 Å². The summed E-state index contributed by atoms with van der Waals surface area (Å²) in [7, 11) is 0. The first-order chi connectivity index (χ1) is 9.33. The zero-order valence-corrected chi connectivity index (χ0v) is 11.0. The number of furan rings is 1. The minimum absolute atomic E-state index is 0.0193. The van der Waals surface area contributed by atoms with Gasteiger partial charge in [-0.05, 0) is 31.4 Å². The van der Waals surface area contributed by atoms with Crippen molar-refractivity contribution in [2.75, 3.05) is 19.8 Å². The summed E-state index contributed by atoms with van der Waals surface area (Å²) in [5, 5.41) is 2.93. The third-order valence-electron chi connectivity index (χ3n) is 3.72. The summed E-state index contributed by atoms with van der Waals surface area (Å²) in [5.74, 6) is 1.28. The largest absolute Gasteiger partial charge is 0.467 e. The predicted molar refractivity (Wildman–Crippen MR) is 69.6 cm³/mol. The Bertz CT molecular complexity index is 408. The third kappa shape index (κ3) is 3.29. The van der Waals surface area contributed by atoms with Crippen LogP contribution in [0.1, 0.15) is 25.0 Å². The molecule has 1 aromatic rings. The number of rotatable bonds is 5. The van der Waals surface area contributed by atoms with Gasteiger partial charge in [0.25, 0.3) is 0 Å². The molecule has 0 unspecified atom stereocenters. The van der Waals surface area contributed by atoms with Crippen LogP contribution in [0.3, 0.4) is 0 Å². The molecule has 2 amide bonds. The van der Waals surface area contributed by atoms with E-state index < -0.39 is 0 Å². The van der Waals surface area contributed by atoms with Gasteiger partial charge in [-0.3, -0.25) is 0 Å². The van der Waals surface area contributed by atoms with Crippen molar-refractivity contribution >= 4 is 6.03 Å². The van der Waals surface area contributed by atoms with Gasteiger partial charge in [0.2, 0.25) is 0 Å². The predicted octanol–water partition coefficient (Wildman–Crippen LogP) is 1.99. The Hall–Kier alpha value is -1.49. The molecule has 2 fully saturated rings. The topological polar surface area (TPSA) is 54.7 Å². The fraction of sp³-hybridized carbons (Fsp3) is 0.643. The van der Waals surface area contributed by atoms with E-state index in [1.165, 1.54) is 0 Å². The van der Waals surface area contributed by atoms with Gasteiger partial charge in [0.05, 0.1) is 19.4 Å². The van der Waals surface area contributed by atoms with E-state index in [4.69, 9.17) is 9.15 Å². The Labute approximate surface area is 112 Å². The van der Waals surface area contributed by atoms with E-state index in [1.807, 2.05) is 17.0 Å². The van der Waals surface area contributed by atoms with Gasteiger partial charge in [-0.2, -0.15) is 0 Å². The normalized spacial score (nSPS) is 22.4. The van der Waals surface area contributed by atoms with E-state index in [0.717, 1.165) is 44.8 Å². The first-order valence-electron chi connectivity index (χ1n) is 6.97. The fourth-order valence-electron chi connectivity index (χ4n) is 2.47. The minimum Gasteiger partial charge on any atom is -0.467 e. The maximum absolute atomic E-state index is 12.2. The van der Waals surface area contributed by atoms with E-state index >= 15 is 0 Å². The molecule has 104 valence electrons. The Kier molecular flexibility index (Phi) is 3.73. The highest BCUT2D eigenvalue weighted by atomic mass is 16.5. The van der Waals surface area contributed by atoms with Crippen molar-refractivity contribution in [3.63, 3.8) is 0 Å². The summed E-state index contributed by atoms with van der Waals surface area (Å²) in [4.78, 5) is 14.2. The molecule has 0 aromatic carbocycles. The maximum atomic E-state index is 12.2. The number of nitrogens with zero attached hydrogens (tertiary/aromatic N) is 1. The molecule has 5 nitrogen and oxygen atoms in total. The van der Waals surface area contributed by atoms with Crippen molar-refractivity contribution in [3.8, 4) is 0 Å². The first-order valence-corrected chi connectivity index (χ1v) is 6.97. The second-order valence-corrected chi connectivity index (χ2v) is 5.35. The van der Waals surface area contributed by atoms with Gasteiger partial charge in [0, 0.05) is 25.1 Å². The van der Waals surface area contributed by atoms with Gasteiger partial charge in [0.15, 0.2) is 0 Å². The van der Waals surface area contributed by atoms with Crippen molar-refractivity contribution < 1.29 is 13.9 Å². The molecule has 1 aromatic heterocycles. The van der Waals surface area contributed by atoms with Crippen LogP contribution in [0.15, 0.2) is 22.8 Å². The molecule has 2 aliphatic rings. The smallest absolute Gasteiger partial charge is 0.318 e. The Morgan fingerprint density at radius 3 is 2.95 bits per heavy atom. The highest BCUT2D eigenvalue weighted by Crippen LogP contribution is 2.29. The summed E-state index contributed by atoms with van der Waals surface area (Å²) >= 11 is 0. The molecule has 0 spiro atoms. The minimum atomic E-state index is 0.0193. The van der Waals surface area contributed by atoms with Gasteiger partial charge in [-0.25, -0.2) is 4.79 Å². The van der Waals surface area contributed by atoms with Gasteiger partial charge in [-0.1, -0.05) is 0 Å². The van der Waals surface area contributed by atoms with E-state index in [-0.39, 0.29) is 6.03 Å². The summed E-state index contributed by atoms with van der Waals surface area (Å²) in [6.45, 7) is 2.89. The molecular formula is C14H20N2O3. The van der Waals surface area contributed by atoms with Gasteiger partial charge >= 0.3 is 6.03 Å². The lowest BCUT2D eigenvalue weighted by Crippen LogP contribution is -2.43. The summed E-state index contributed by atoms with van der Waals surface area (Å²) < 4.78 is 10.6. The first kappa shape index (κ1) is 12.5. The maximum Gasteiger partial charge on any atom is 0.318 e. The van der Waals surface area contributed by atoms with Crippen molar-refractivity contribution in [2.24, 2.45) is 5.92 Å². The number of urea groups is 1. The molecule has 1 atom stereocenters. The van der Waals surface area contributed by atoms with Crippen molar-refractivity contribution in [1.29, 1.82) is 0 Å².